The fourth-order valence-electron chi connectivity index (χ4n) is 1.84. The second-order valence-electron chi connectivity index (χ2n) is 4.97. The van der Waals surface area contributed by atoms with Crippen molar-refractivity contribution in [3.8, 4) is 0 Å². The molecule has 9 heteroatoms. The van der Waals surface area contributed by atoms with Gasteiger partial charge in [-0.05, 0) is 20.9 Å². The Morgan fingerprint density at radius 2 is 2.05 bits per heavy atom. The molecule has 0 aromatic carbocycles. The van der Waals surface area contributed by atoms with Gasteiger partial charge in [-0.1, -0.05) is 0 Å². The molecule has 0 saturated heterocycles. The maximum absolute atomic E-state index is 12.2. The van der Waals surface area contributed by atoms with Gasteiger partial charge >= 0.3 is 6.18 Å². The van der Waals surface area contributed by atoms with Crippen molar-refractivity contribution < 1.29 is 23.1 Å². The number of aliphatic hydroxyl groups excluding tert-OH is 1. The van der Waals surface area contributed by atoms with Gasteiger partial charge in [0.1, 0.15) is 0 Å². The first kappa shape index (κ1) is 17.4. The van der Waals surface area contributed by atoms with E-state index in [0.717, 1.165) is 10.6 Å². The summed E-state index contributed by atoms with van der Waals surface area (Å²) in [5.74, 6) is -0.467. The highest BCUT2D eigenvalue weighted by molar-refractivity contribution is 5.93. The predicted octanol–water partition coefficient (Wildman–Crippen LogP) is 0.830. The zero-order chi connectivity index (χ0) is 16.4. The number of anilines is 1. The summed E-state index contributed by atoms with van der Waals surface area (Å²) in [6.07, 6.45) is -7.17. The summed E-state index contributed by atoms with van der Waals surface area (Å²) in [6, 6.07) is 0. The lowest BCUT2D eigenvalue weighted by molar-refractivity contribution is -0.207. The van der Waals surface area contributed by atoms with Crippen LogP contribution in [-0.2, 0) is 11.8 Å². The van der Waals surface area contributed by atoms with E-state index < -0.39 is 24.7 Å². The molecule has 0 spiro atoms. The number of hydrogen-bond donors (Lipinski definition) is 2. The van der Waals surface area contributed by atoms with Crippen molar-refractivity contribution in [1.82, 2.24) is 14.7 Å². The van der Waals surface area contributed by atoms with E-state index in [1.165, 1.54) is 7.05 Å². The zero-order valence-corrected chi connectivity index (χ0v) is 12.3. The Hall–Kier alpha value is -1.61. The Morgan fingerprint density at radius 1 is 1.48 bits per heavy atom. The van der Waals surface area contributed by atoms with E-state index in [9.17, 15) is 18.0 Å². The molecule has 0 aliphatic rings. The Morgan fingerprint density at radius 3 is 2.48 bits per heavy atom. The van der Waals surface area contributed by atoms with E-state index in [0.29, 0.717) is 11.4 Å². The number of likely N-dealkylation sites (N-methyl/N-ethyl adjacent to an activating group) is 1. The summed E-state index contributed by atoms with van der Waals surface area (Å²) in [6.45, 7) is 2.56. The van der Waals surface area contributed by atoms with Gasteiger partial charge in [-0.3, -0.25) is 14.4 Å². The van der Waals surface area contributed by atoms with Crippen molar-refractivity contribution >= 4 is 11.6 Å². The minimum Gasteiger partial charge on any atom is -0.382 e. The first-order valence-corrected chi connectivity index (χ1v) is 6.25. The average Bonchev–Trinajstić information content (AvgIpc) is 2.54. The van der Waals surface area contributed by atoms with Gasteiger partial charge < -0.3 is 10.4 Å². The van der Waals surface area contributed by atoms with Crippen molar-refractivity contribution in [3.63, 3.8) is 0 Å². The first-order valence-electron chi connectivity index (χ1n) is 6.25. The van der Waals surface area contributed by atoms with Gasteiger partial charge in [0, 0.05) is 13.6 Å². The molecule has 1 aromatic rings. The molecule has 1 aromatic heterocycles. The highest BCUT2D eigenvalue weighted by Crippen LogP contribution is 2.21. The molecule has 6 nitrogen and oxygen atoms in total. The zero-order valence-electron chi connectivity index (χ0n) is 12.3. The fraction of sp³-hybridized carbons (Fsp3) is 0.667. The van der Waals surface area contributed by atoms with Crippen LogP contribution in [0.1, 0.15) is 11.4 Å². The van der Waals surface area contributed by atoms with Crippen molar-refractivity contribution in [2.24, 2.45) is 7.05 Å². The third-order valence-corrected chi connectivity index (χ3v) is 3.05. The number of carbonyl (C=O) groups is 1. The maximum Gasteiger partial charge on any atom is 0.415 e. The summed E-state index contributed by atoms with van der Waals surface area (Å²) in [4.78, 5) is 12.9. The number of aliphatic hydroxyl groups is 1. The van der Waals surface area contributed by atoms with Crippen LogP contribution in [0.4, 0.5) is 18.9 Å². The van der Waals surface area contributed by atoms with Gasteiger partial charge in [0.15, 0.2) is 6.10 Å². The predicted molar refractivity (Wildman–Crippen MR) is 70.9 cm³/mol. The number of aromatic nitrogens is 2. The molecular weight excluding hydrogens is 289 g/mol. The molecule has 1 unspecified atom stereocenters. The highest BCUT2D eigenvalue weighted by atomic mass is 19.4. The van der Waals surface area contributed by atoms with Crippen LogP contribution in [-0.4, -0.2) is 58.1 Å². The van der Waals surface area contributed by atoms with Crippen molar-refractivity contribution in [2.75, 3.05) is 25.5 Å². The lowest BCUT2D eigenvalue weighted by Gasteiger charge is -2.21. The third-order valence-electron chi connectivity index (χ3n) is 3.05. The molecule has 0 fully saturated rings. The van der Waals surface area contributed by atoms with Crippen LogP contribution in [0.2, 0.25) is 0 Å². The van der Waals surface area contributed by atoms with Crippen LogP contribution >= 0.6 is 0 Å². The molecule has 0 aliphatic carbocycles. The minimum absolute atomic E-state index is 0.263. The number of rotatable bonds is 5. The van der Waals surface area contributed by atoms with Crippen LogP contribution in [0.5, 0.6) is 0 Å². The van der Waals surface area contributed by atoms with E-state index >= 15 is 0 Å². The summed E-state index contributed by atoms with van der Waals surface area (Å²) >= 11 is 0. The average molecular weight is 308 g/mol. The second kappa shape index (κ2) is 6.44. The number of amides is 1. The van der Waals surface area contributed by atoms with Gasteiger partial charge in [-0.15, -0.1) is 0 Å². The van der Waals surface area contributed by atoms with Gasteiger partial charge in [-0.25, -0.2) is 0 Å². The Balaban J connectivity index is 2.58. The van der Waals surface area contributed by atoms with E-state index in [4.69, 9.17) is 5.11 Å². The number of hydrogen-bond acceptors (Lipinski definition) is 4. The minimum atomic E-state index is -4.69. The van der Waals surface area contributed by atoms with Crippen LogP contribution in [0.3, 0.4) is 0 Å². The van der Waals surface area contributed by atoms with Gasteiger partial charge in [0.25, 0.3) is 0 Å². The number of alkyl halides is 3. The fourth-order valence-corrected chi connectivity index (χ4v) is 1.84. The molecule has 1 atom stereocenters. The molecule has 21 heavy (non-hydrogen) atoms. The second-order valence-corrected chi connectivity index (χ2v) is 4.97. The maximum atomic E-state index is 12.2. The first-order chi connectivity index (χ1) is 9.52. The van der Waals surface area contributed by atoms with Crippen LogP contribution in [0.15, 0.2) is 0 Å². The highest BCUT2D eigenvalue weighted by Gasteiger charge is 2.38. The van der Waals surface area contributed by atoms with E-state index in [-0.39, 0.29) is 6.54 Å². The van der Waals surface area contributed by atoms with Crippen molar-refractivity contribution in [2.45, 2.75) is 26.1 Å². The molecule has 0 radical (unpaired) electrons. The molecule has 1 amide bonds. The van der Waals surface area contributed by atoms with Crippen molar-refractivity contribution in [3.05, 3.63) is 11.4 Å². The van der Waals surface area contributed by atoms with Crippen LogP contribution in [0.25, 0.3) is 0 Å². The topological polar surface area (TPSA) is 70.4 Å². The summed E-state index contributed by atoms with van der Waals surface area (Å²) < 4.78 is 38.2. The lowest BCUT2D eigenvalue weighted by Crippen LogP contribution is -2.42. The Labute approximate surface area is 120 Å². The SMILES string of the molecule is Cc1nn(C)c(C)c1NC(=O)CN(C)CC(O)C(F)(F)F. The van der Waals surface area contributed by atoms with Crippen LogP contribution < -0.4 is 5.32 Å². The molecule has 1 heterocycles. The van der Waals surface area contributed by atoms with E-state index in [1.807, 2.05) is 0 Å². The van der Waals surface area contributed by atoms with E-state index in [1.54, 1.807) is 25.6 Å². The summed E-state index contributed by atoms with van der Waals surface area (Å²) in [7, 11) is 3.06. The Kier molecular flexibility index (Phi) is 5.35. The molecule has 0 aliphatic heterocycles. The molecule has 2 N–H and O–H groups in total. The molecule has 0 saturated carbocycles. The monoisotopic (exact) mass is 308 g/mol. The largest absolute Gasteiger partial charge is 0.415 e. The van der Waals surface area contributed by atoms with Gasteiger partial charge in [0.05, 0.1) is 23.6 Å². The summed E-state index contributed by atoms with van der Waals surface area (Å²) in [5, 5.41) is 15.7. The molecule has 0 bridgehead atoms. The quantitative estimate of drug-likeness (QED) is 0.845. The number of nitrogens with one attached hydrogen (secondary N) is 1. The third kappa shape index (κ3) is 4.71. The van der Waals surface area contributed by atoms with Crippen LogP contribution in [0, 0.1) is 13.8 Å². The van der Waals surface area contributed by atoms with Gasteiger partial charge in [-0.2, -0.15) is 18.3 Å². The molecule has 1 rings (SSSR count). The molecular formula is C12H19F3N4O2. The Bertz CT molecular complexity index is 513. The number of halogens is 3. The van der Waals surface area contributed by atoms with Crippen molar-refractivity contribution in [1.29, 1.82) is 0 Å². The lowest BCUT2D eigenvalue weighted by atomic mass is 10.3. The number of carbonyl (C=O) groups excluding carboxylic acids is 1. The van der Waals surface area contributed by atoms with E-state index in [2.05, 4.69) is 10.4 Å². The smallest absolute Gasteiger partial charge is 0.382 e. The number of nitrogens with zero attached hydrogens (tertiary/aromatic N) is 3. The summed E-state index contributed by atoms with van der Waals surface area (Å²) in [5.41, 5.74) is 1.92. The van der Waals surface area contributed by atoms with Gasteiger partial charge in [0.2, 0.25) is 5.91 Å². The molecule has 120 valence electrons. The standard InChI is InChI=1S/C12H19F3N4O2/c1-7-11(8(2)19(4)17-7)16-10(21)6-18(3)5-9(20)12(13,14)15/h9,20H,5-6H2,1-4H3,(H,16,21). The normalized spacial score (nSPS) is 13.6. The number of aryl methyl sites for hydroxylation is 2.